The number of methoxy groups -OCH3 is 2. The molecule has 71 heavy (non-hydrogen) atoms. The molecule has 4 heterocycles. The Morgan fingerprint density at radius 3 is 1.80 bits per heavy atom. The third-order valence-electron chi connectivity index (χ3n) is 11.0. The number of benzene rings is 3. The SMILES string of the molecule is COC(=O)N[C@H](C(=O)N1CCC[C@H]1c1ncc(-c2ccc(C#CC#Cc3cnc([C@@H]4CCCN4C(=O)[C@H](NC(=O)OC)c4ccccc4)[nH]3)c(-c3ccccc3)c2)[nH]1)C(C)C.CS(=O)(=O)O.CS(=O)(=O)O. The Morgan fingerprint density at radius 2 is 1.23 bits per heavy atom. The lowest BCUT2D eigenvalue weighted by Crippen LogP contribution is -2.51. The van der Waals surface area contributed by atoms with E-state index in [0.717, 1.165) is 47.2 Å². The first kappa shape index (κ1) is 54.4. The first-order chi connectivity index (χ1) is 33.6. The maximum Gasteiger partial charge on any atom is 0.407 e. The molecule has 3 aromatic carbocycles. The fourth-order valence-electron chi connectivity index (χ4n) is 7.88. The highest BCUT2D eigenvalue weighted by molar-refractivity contribution is 7.85. The van der Waals surface area contributed by atoms with E-state index in [1.165, 1.54) is 14.2 Å². The quantitative estimate of drug-likeness (QED) is 0.0725. The summed E-state index contributed by atoms with van der Waals surface area (Å²) in [4.78, 5) is 71.3. The van der Waals surface area contributed by atoms with Crippen LogP contribution in [0.25, 0.3) is 22.4 Å². The van der Waals surface area contributed by atoms with Crippen LogP contribution in [0.3, 0.4) is 0 Å². The number of carbonyl (C=O) groups excluding carboxylic acids is 4. The van der Waals surface area contributed by atoms with E-state index in [-0.39, 0.29) is 29.8 Å². The van der Waals surface area contributed by atoms with Gasteiger partial charge < -0.3 is 39.9 Å². The lowest BCUT2D eigenvalue weighted by Gasteiger charge is -2.30. The third kappa shape index (κ3) is 16.3. The minimum Gasteiger partial charge on any atom is -0.453 e. The van der Waals surface area contributed by atoms with Crippen molar-refractivity contribution in [1.82, 2.24) is 40.4 Å². The predicted molar refractivity (Wildman–Crippen MR) is 263 cm³/mol. The summed E-state index contributed by atoms with van der Waals surface area (Å²) in [7, 11) is -4.79. The molecule has 0 aliphatic carbocycles. The Balaban J connectivity index is 0.000000853. The van der Waals surface area contributed by atoms with Crippen LogP contribution in [0.15, 0.2) is 91.3 Å². The molecule has 2 fully saturated rings. The van der Waals surface area contributed by atoms with E-state index >= 15 is 0 Å². The fourth-order valence-corrected chi connectivity index (χ4v) is 7.88. The summed E-state index contributed by atoms with van der Waals surface area (Å²) in [6.45, 7) is 4.86. The van der Waals surface area contributed by atoms with Crippen molar-refractivity contribution in [3.63, 3.8) is 0 Å². The number of imidazole rings is 2. The van der Waals surface area contributed by atoms with Gasteiger partial charge in [-0.1, -0.05) is 86.5 Å². The van der Waals surface area contributed by atoms with E-state index in [1.54, 1.807) is 34.3 Å². The Hall–Kier alpha value is -7.50. The molecule has 6 N–H and O–H groups in total. The number of rotatable bonds is 10. The van der Waals surface area contributed by atoms with Gasteiger partial charge >= 0.3 is 12.2 Å². The topological polar surface area (TPSA) is 283 Å². The van der Waals surface area contributed by atoms with Gasteiger partial charge in [-0.3, -0.25) is 18.7 Å². The van der Waals surface area contributed by atoms with Gasteiger partial charge in [0.25, 0.3) is 26.1 Å². The highest BCUT2D eigenvalue weighted by Crippen LogP contribution is 2.35. The van der Waals surface area contributed by atoms with Gasteiger partial charge in [0.05, 0.1) is 56.9 Å². The Labute approximate surface area is 412 Å². The summed E-state index contributed by atoms with van der Waals surface area (Å²) in [5.74, 6) is 13.0. The van der Waals surface area contributed by atoms with Crippen LogP contribution in [-0.2, 0) is 39.3 Å². The molecule has 376 valence electrons. The summed E-state index contributed by atoms with van der Waals surface area (Å²) >= 11 is 0. The molecule has 2 aliphatic heterocycles. The molecule has 20 nitrogen and oxygen atoms in total. The zero-order chi connectivity index (χ0) is 51.9. The molecular formula is C49H56N8O12S2. The molecule has 7 rings (SSSR count). The molecule has 0 saturated carbocycles. The average Bonchev–Trinajstić information content (AvgIpc) is 4.18. The summed E-state index contributed by atoms with van der Waals surface area (Å²) in [6, 6.07) is 22.9. The zero-order valence-electron chi connectivity index (χ0n) is 39.9. The number of hydrogen-bond acceptors (Lipinski definition) is 12. The van der Waals surface area contributed by atoms with Crippen LogP contribution in [0.5, 0.6) is 0 Å². The first-order valence-electron chi connectivity index (χ1n) is 22.2. The predicted octanol–water partition coefficient (Wildman–Crippen LogP) is 5.68. The van der Waals surface area contributed by atoms with Crippen molar-refractivity contribution in [3.8, 4) is 46.1 Å². The Kier molecular flexibility index (Phi) is 19.1. The molecule has 0 bridgehead atoms. The van der Waals surface area contributed by atoms with Crippen molar-refractivity contribution in [2.45, 2.75) is 63.7 Å². The van der Waals surface area contributed by atoms with Crippen LogP contribution in [0.1, 0.15) is 86.1 Å². The van der Waals surface area contributed by atoms with Crippen molar-refractivity contribution in [2.75, 3.05) is 39.8 Å². The van der Waals surface area contributed by atoms with Gasteiger partial charge in [0.2, 0.25) is 5.91 Å². The first-order valence-corrected chi connectivity index (χ1v) is 25.9. The maximum absolute atomic E-state index is 13.9. The van der Waals surface area contributed by atoms with Crippen LogP contribution in [0.2, 0.25) is 0 Å². The second-order valence-electron chi connectivity index (χ2n) is 16.7. The van der Waals surface area contributed by atoms with Gasteiger partial charge in [-0.25, -0.2) is 19.6 Å². The summed E-state index contributed by atoms with van der Waals surface area (Å²) < 4.78 is 61.3. The number of ether oxygens (including phenoxy) is 2. The smallest absolute Gasteiger partial charge is 0.407 e. The molecule has 4 amide bonds. The monoisotopic (exact) mass is 1010 g/mol. The van der Waals surface area contributed by atoms with Crippen LogP contribution in [0.4, 0.5) is 9.59 Å². The van der Waals surface area contributed by atoms with Gasteiger partial charge in [0, 0.05) is 24.2 Å². The van der Waals surface area contributed by atoms with Crippen LogP contribution < -0.4 is 10.6 Å². The molecule has 0 radical (unpaired) electrons. The summed E-state index contributed by atoms with van der Waals surface area (Å²) in [5, 5.41) is 5.39. The highest BCUT2D eigenvalue weighted by atomic mass is 32.2. The van der Waals surface area contributed by atoms with E-state index in [1.807, 2.05) is 74.5 Å². The molecule has 0 unspecified atom stereocenters. The van der Waals surface area contributed by atoms with Gasteiger partial charge in [-0.2, -0.15) is 16.8 Å². The minimum absolute atomic E-state index is 0.131. The number of carbonyl (C=O) groups is 4. The van der Waals surface area contributed by atoms with Gasteiger partial charge in [-0.15, -0.1) is 0 Å². The number of nitrogens with zero attached hydrogens (tertiary/aromatic N) is 4. The lowest BCUT2D eigenvalue weighted by molar-refractivity contribution is -0.135. The Bertz CT molecular complexity index is 2970. The standard InChI is InChI=1S/C47H48N8O6.2CH4O3S/c1-30(2)40(52-46(58)60-3)44(56)54-25-14-22-39(54)43-49-29-37(51-43)34-24-23-32(36(27-34)31-15-7-5-8-16-31)17-11-12-20-35-28-48-42(50-35)38-21-13-26-55(38)45(57)41(53-47(59)61-4)33-18-9-6-10-19-33;2*1-5(2,3)4/h5-10,15-16,18-19,23-24,27-30,38-41H,13-14,21-22,25-26H2,1-4H3,(H,48,50)(H,49,51)(H,52,58)(H,53,59);2*1H3,(H,2,3,4)/t38-,39-,40-,41+;;/m0../s1. The van der Waals surface area contributed by atoms with Crippen LogP contribution in [-0.4, -0.2) is 126 Å². The summed E-state index contributed by atoms with van der Waals surface area (Å²) in [5.41, 5.74) is 5.60. The molecular weight excluding hydrogens is 957 g/mol. The molecule has 2 saturated heterocycles. The number of amides is 4. The molecule has 4 atom stereocenters. The van der Waals surface area contributed by atoms with Crippen LogP contribution in [0, 0.1) is 29.6 Å². The molecule has 0 spiro atoms. The van der Waals surface area contributed by atoms with E-state index in [4.69, 9.17) is 23.6 Å². The summed E-state index contributed by atoms with van der Waals surface area (Å²) in [6.07, 6.45) is 6.57. The third-order valence-corrected chi connectivity index (χ3v) is 11.0. The number of nitrogens with one attached hydrogen (secondary N) is 4. The number of H-pyrrole nitrogens is 2. The van der Waals surface area contributed by atoms with E-state index in [2.05, 4.69) is 55.3 Å². The molecule has 2 aliphatic rings. The van der Waals surface area contributed by atoms with Crippen molar-refractivity contribution in [3.05, 3.63) is 120 Å². The number of hydrogen-bond donors (Lipinski definition) is 6. The number of aromatic amines is 2. The van der Waals surface area contributed by atoms with Crippen molar-refractivity contribution >= 4 is 44.2 Å². The molecule has 5 aromatic rings. The molecule has 22 heteroatoms. The van der Waals surface area contributed by atoms with Crippen molar-refractivity contribution < 1.29 is 54.6 Å². The van der Waals surface area contributed by atoms with Crippen LogP contribution >= 0.6 is 0 Å². The maximum atomic E-state index is 13.9. The largest absolute Gasteiger partial charge is 0.453 e. The fraction of sp³-hybridized carbons (Fsp3) is 0.347. The number of alkyl carbamates (subject to hydrolysis) is 2. The number of likely N-dealkylation sites (tertiary alicyclic amines) is 2. The van der Waals surface area contributed by atoms with Crippen molar-refractivity contribution in [1.29, 1.82) is 0 Å². The highest BCUT2D eigenvalue weighted by Gasteiger charge is 2.38. The normalized spacial score (nSPS) is 16.0. The van der Waals surface area contributed by atoms with E-state index in [0.29, 0.717) is 54.9 Å². The number of aromatic nitrogens is 4. The second kappa shape index (κ2) is 24.9. The minimum atomic E-state index is -3.67. The molecule has 2 aromatic heterocycles. The second-order valence-corrected chi connectivity index (χ2v) is 19.6. The zero-order valence-corrected chi connectivity index (χ0v) is 41.5. The average molecular weight is 1010 g/mol. The van der Waals surface area contributed by atoms with Gasteiger partial charge in [0.15, 0.2) is 0 Å². The van der Waals surface area contributed by atoms with Gasteiger partial charge in [-0.05, 0) is 78.2 Å². The lowest BCUT2D eigenvalue weighted by atomic mass is 9.96. The van der Waals surface area contributed by atoms with E-state index < -0.39 is 44.5 Å². The Morgan fingerprint density at radius 1 is 0.704 bits per heavy atom. The van der Waals surface area contributed by atoms with Gasteiger partial charge in [0.1, 0.15) is 29.4 Å². The van der Waals surface area contributed by atoms with Crippen molar-refractivity contribution in [2.24, 2.45) is 5.92 Å². The van der Waals surface area contributed by atoms with E-state index in [9.17, 15) is 36.0 Å².